The Labute approximate surface area is 114 Å². The minimum atomic E-state index is -0.281. The molecule has 0 aliphatic heterocycles. The normalized spacial score (nSPS) is 14.2. The molecule has 94 valence electrons. The van der Waals surface area contributed by atoms with Crippen LogP contribution in [0.15, 0.2) is 47.2 Å². The SMILES string of the molecule is CC(c1ccncc1)C(N)c1cc(F)cc(Br)c1. The van der Waals surface area contributed by atoms with Crippen molar-refractivity contribution >= 4 is 15.9 Å². The van der Waals surface area contributed by atoms with Crippen molar-refractivity contribution in [1.82, 2.24) is 4.98 Å². The summed E-state index contributed by atoms with van der Waals surface area (Å²) in [5.74, 6) is -0.182. The van der Waals surface area contributed by atoms with E-state index in [-0.39, 0.29) is 17.8 Å². The molecule has 18 heavy (non-hydrogen) atoms. The fraction of sp³-hybridized carbons (Fsp3) is 0.214. The molecule has 0 aliphatic carbocycles. The van der Waals surface area contributed by atoms with Gasteiger partial charge in [-0.05, 0) is 41.5 Å². The molecule has 2 aromatic rings. The van der Waals surface area contributed by atoms with Gasteiger partial charge in [0.25, 0.3) is 0 Å². The molecule has 1 aromatic carbocycles. The van der Waals surface area contributed by atoms with Crippen molar-refractivity contribution in [2.75, 3.05) is 0 Å². The van der Waals surface area contributed by atoms with Crippen LogP contribution in [0.25, 0.3) is 0 Å². The van der Waals surface area contributed by atoms with Gasteiger partial charge in [0, 0.05) is 28.8 Å². The third kappa shape index (κ3) is 2.94. The average Bonchev–Trinajstić information content (AvgIpc) is 2.37. The molecular formula is C14H14BrFN2. The van der Waals surface area contributed by atoms with E-state index >= 15 is 0 Å². The van der Waals surface area contributed by atoms with Gasteiger partial charge in [-0.3, -0.25) is 4.98 Å². The second-order valence-electron chi connectivity index (χ2n) is 4.30. The first-order chi connectivity index (χ1) is 8.58. The summed E-state index contributed by atoms with van der Waals surface area (Å²) in [6.07, 6.45) is 3.47. The van der Waals surface area contributed by atoms with E-state index in [1.54, 1.807) is 12.4 Å². The Balaban J connectivity index is 2.28. The van der Waals surface area contributed by atoms with Crippen LogP contribution >= 0.6 is 15.9 Å². The van der Waals surface area contributed by atoms with Gasteiger partial charge in [0.05, 0.1) is 0 Å². The molecule has 0 saturated carbocycles. The smallest absolute Gasteiger partial charge is 0.124 e. The third-order valence-electron chi connectivity index (χ3n) is 3.04. The highest BCUT2D eigenvalue weighted by molar-refractivity contribution is 9.10. The molecule has 0 fully saturated rings. The largest absolute Gasteiger partial charge is 0.323 e. The Kier molecular flexibility index (Phi) is 4.09. The Morgan fingerprint density at radius 2 is 1.83 bits per heavy atom. The third-order valence-corrected chi connectivity index (χ3v) is 3.50. The lowest BCUT2D eigenvalue weighted by Gasteiger charge is -2.21. The van der Waals surface area contributed by atoms with Crippen molar-refractivity contribution in [2.45, 2.75) is 18.9 Å². The average molecular weight is 309 g/mol. The summed E-state index contributed by atoms with van der Waals surface area (Å²) in [4.78, 5) is 3.98. The predicted octanol–water partition coefficient (Wildman–Crippen LogP) is 3.79. The quantitative estimate of drug-likeness (QED) is 0.937. The number of hydrogen-bond acceptors (Lipinski definition) is 2. The van der Waals surface area contributed by atoms with Gasteiger partial charge < -0.3 is 5.73 Å². The van der Waals surface area contributed by atoms with Crippen molar-refractivity contribution in [3.63, 3.8) is 0 Å². The second-order valence-corrected chi connectivity index (χ2v) is 5.21. The zero-order valence-corrected chi connectivity index (χ0v) is 11.6. The summed E-state index contributed by atoms with van der Waals surface area (Å²) in [6, 6.07) is 8.36. The van der Waals surface area contributed by atoms with Gasteiger partial charge in [-0.25, -0.2) is 4.39 Å². The van der Waals surface area contributed by atoms with Gasteiger partial charge in [0.2, 0.25) is 0 Å². The molecule has 2 unspecified atom stereocenters. The maximum Gasteiger partial charge on any atom is 0.124 e. The van der Waals surface area contributed by atoms with E-state index in [9.17, 15) is 4.39 Å². The summed E-state index contributed by atoms with van der Waals surface area (Å²) in [5.41, 5.74) is 8.08. The summed E-state index contributed by atoms with van der Waals surface area (Å²) >= 11 is 3.28. The lowest BCUT2D eigenvalue weighted by atomic mass is 9.90. The molecule has 0 amide bonds. The van der Waals surface area contributed by atoms with Crippen LogP contribution in [0.5, 0.6) is 0 Å². The first-order valence-corrected chi connectivity index (χ1v) is 6.48. The second kappa shape index (κ2) is 5.59. The number of pyridine rings is 1. The van der Waals surface area contributed by atoms with E-state index in [1.165, 1.54) is 12.1 Å². The first-order valence-electron chi connectivity index (χ1n) is 5.69. The van der Waals surface area contributed by atoms with Crippen molar-refractivity contribution in [3.05, 3.63) is 64.1 Å². The van der Waals surface area contributed by atoms with Crippen molar-refractivity contribution in [2.24, 2.45) is 5.73 Å². The molecule has 2 N–H and O–H groups in total. The highest BCUT2D eigenvalue weighted by atomic mass is 79.9. The minimum Gasteiger partial charge on any atom is -0.323 e. The summed E-state index contributed by atoms with van der Waals surface area (Å²) in [5, 5.41) is 0. The molecule has 4 heteroatoms. The van der Waals surface area contributed by atoms with Crippen LogP contribution in [0.3, 0.4) is 0 Å². The van der Waals surface area contributed by atoms with Gasteiger partial charge in [0.15, 0.2) is 0 Å². The monoisotopic (exact) mass is 308 g/mol. The number of hydrogen-bond donors (Lipinski definition) is 1. The number of benzene rings is 1. The minimum absolute atomic E-state index is 0.0988. The standard InChI is InChI=1S/C14H14BrFN2/c1-9(10-2-4-18-5-3-10)14(17)11-6-12(15)8-13(16)7-11/h2-9,14H,17H2,1H3. The molecule has 1 aromatic heterocycles. The Bertz CT molecular complexity index is 510. The van der Waals surface area contributed by atoms with Crippen molar-refractivity contribution in [3.8, 4) is 0 Å². The van der Waals surface area contributed by atoms with Crippen LogP contribution in [-0.2, 0) is 0 Å². The number of nitrogens with two attached hydrogens (primary N) is 1. The van der Waals surface area contributed by atoms with Crippen LogP contribution in [0.2, 0.25) is 0 Å². The van der Waals surface area contributed by atoms with Gasteiger partial charge in [-0.2, -0.15) is 0 Å². The topological polar surface area (TPSA) is 38.9 Å². The lowest BCUT2D eigenvalue weighted by Crippen LogP contribution is -2.18. The zero-order valence-electron chi connectivity index (χ0n) is 9.98. The van der Waals surface area contributed by atoms with Gasteiger partial charge in [-0.15, -0.1) is 0 Å². The Morgan fingerprint density at radius 3 is 2.44 bits per heavy atom. The molecule has 0 bridgehead atoms. The molecule has 0 aliphatic rings. The van der Waals surface area contributed by atoms with E-state index in [0.29, 0.717) is 4.47 Å². The van der Waals surface area contributed by atoms with Crippen molar-refractivity contribution in [1.29, 1.82) is 0 Å². The van der Waals surface area contributed by atoms with Crippen LogP contribution in [-0.4, -0.2) is 4.98 Å². The summed E-state index contributed by atoms with van der Waals surface area (Å²) < 4.78 is 14.1. The van der Waals surface area contributed by atoms with Crippen molar-refractivity contribution < 1.29 is 4.39 Å². The molecule has 2 atom stereocenters. The maximum absolute atomic E-state index is 13.4. The van der Waals surface area contributed by atoms with E-state index in [0.717, 1.165) is 11.1 Å². The summed E-state index contributed by atoms with van der Waals surface area (Å²) in [7, 11) is 0. The molecule has 0 saturated heterocycles. The number of aromatic nitrogens is 1. The zero-order chi connectivity index (χ0) is 13.1. The van der Waals surface area contributed by atoms with E-state index in [1.807, 2.05) is 25.1 Å². The number of nitrogens with zero attached hydrogens (tertiary/aromatic N) is 1. The van der Waals surface area contributed by atoms with Gasteiger partial charge in [-0.1, -0.05) is 22.9 Å². The maximum atomic E-state index is 13.4. The molecule has 0 radical (unpaired) electrons. The molecule has 1 heterocycles. The molecular weight excluding hydrogens is 295 g/mol. The fourth-order valence-electron chi connectivity index (χ4n) is 1.93. The number of halogens is 2. The molecule has 2 rings (SSSR count). The highest BCUT2D eigenvalue weighted by Crippen LogP contribution is 2.30. The van der Waals surface area contributed by atoms with Crippen LogP contribution in [0.1, 0.15) is 30.0 Å². The Hall–Kier alpha value is -1.26. The highest BCUT2D eigenvalue weighted by Gasteiger charge is 2.17. The first kappa shape index (κ1) is 13.2. The molecule has 0 spiro atoms. The lowest BCUT2D eigenvalue weighted by molar-refractivity contribution is 0.581. The van der Waals surface area contributed by atoms with Gasteiger partial charge in [0.1, 0.15) is 5.82 Å². The Morgan fingerprint density at radius 1 is 1.17 bits per heavy atom. The van der Waals surface area contributed by atoms with Crippen LogP contribution in [0.4, 0.5) is 4.39 Å². The van der Waals surface area contributed by atoms with E-state index in [2.05, 4.69) is 20.9 Å². The van der Waals surface area contributed by atoms with E-state index < -0.39 is 0 Å². The number of rotatable bonds is 3. The van der Waals surface area contributed by atoms with Crippen LogP contribution < -0.4 is 5.73 Å². The van der Waals surface area contributed by atoms with Gasteiger partial charge >= 0.3 is 0 Å². The van der Waals surface area contributed by atoms with E-state index in [4.69, 9.17) is 5.73 Å². The molecule has 2 nitrogen and oxygen atoms in total. The van der Waals surface area contributed by atoms with Crippen LogP contribution in [0, 0.1) is 5.82 Å². The summed E-state index contributed by atoms with van der Waals surface area (Å²) in [6.45, 7) is 2.03. The fourth-order valence-corrected chi connectivity index (χ4v) is 2.41. The predicted molar refractivity (Wildman–Crippen MR) is 73.7 cm³/mol.